The number of carbonyl (C=O) groups excluding carboxylic acids is 1. The standard InChI is InChI=1S/C20H20FN3O/c21-17-4-2-1-3-15(17)7-5-14-6-8-18-19(11-14)24-10-9-22-13-16(24)12-20(25)23-18/h1-8,11,16,22H,9-10,12-13H2,(H,23,25). The van der Waals surface area contributed by atoms with Gasteiger partial charge in [0.1, 0.15) is 5.82 Å². The molecule has 1 atom stereocenters. The van der Waals surface area contributed by atoms with Crippen molar-refractivity contribution in [2.24, 2.45) is 0 Å². The van der Waals surface area contributed by atoms with Crippen LogP contribution in [0.5, 0.6) is 0 Å². The van der Waals surface area contributed by atoms with Crippen LogP contribution in [-0.4, -0.2) is 31.6 Å². The van der Waals surface area contributed by atoms with Gasteiger partial charge < -0.3 is 15.5 Å². The minimum absolute atomic E-state index is 0.0482. The monoisotopic (exact) mass is 337 g/mol. The summed E-state index contributed by atoms with van der Waals surface area (Å²) in [5.74, 6) is -0.185. The first-order valence-electron chi connectivity index (χ1n) is 8.54. The summed E-state index contributed by atoms with van der Waals surface area (Å²) in [6, 6.07) is 12.8. The Kier molecular flexibility index (Phi) is 4.24. The van der Waals surface area contributed by atoms with Gasteiger partial charge in [0.05, 0.1) is 17.4 Å². The molecule has 128 valence electrons. The number of nitrogens with one attached hydrogen (secondary N) is 2. The quantitative estimate of drug-likeness (QED) is 0.828. The number of hydrogen-bond donors (Lipinski definition) is 2. The number of anilines is 2. The minimum atomic E-state index is -0.233. The summed E-state index contributed by atoms with van der Waals surface area (Å²) in [6.07, 6.45) is 4.17. The Labute approximate surface area is 146 Å². The summed E-state index contributed by atoms with van der Waals surface area (Å²) in [7, 11) is 0. The van der Waals surface area contributed by atoms with E-state index in [0.717, 1.165) is 36.6 Å². The topological polar surface area (TPSA) is 44.4 Å². The van der Waals surface area contributed by atoms with Crippen LogP contribution in [0.3, 0.4) is 0 Å². The molecule has 2 N–H and O–H groups in total. The second-order valence-electron chi connectivity index (χ2n) is 6.44. The molecule has 1 amide bonds. The number of nitrogens with zero attached hydrogens (tertiary/aromatic N) is 1. The number of hydrogen-bond acceptors (Lipinski definition) is 3. The largest absolute Gasteiger partial charge is 0.364 e. The van der Waals surface area contributed by atoms with Gasteiger partial charge in [0.2, 0.25) is 5.91 Å². The first-order chi connectivity index (χ1) is 12.2. The fourth-order valence-corrected chi connectivity index (χ4v) is 3.47. The molecule has 0 aromatic heterocycles. The molecule has 0 bridgehead atoms. The SMILES string of the molecule is O=C1CC2CNCCN2c2cc(C=Cc3ccccc3F)ccc2N1. The Morgan fingerprint density at radius 2 is 2.04 bits per heavy atom. The molecule has 1 fully saturated rings. The first-order valence-corrected chi connectivity index (χ1v) is 8.54. The van der Waals surface area contributed by atoms with Crippen LogP contribution >= 0.6 is 0 Å². The van der Waals surface area contributed by atoms with Crippen LogP contribution in [-0.2, 0) is 4.79 Å². The van der Waals surface area contributed by atoms with E-state index < -0.39 is 0 Å². The molecule has 1 saturated heterocycles. The predicted molar refractivity (Wildman–Crippen MR) is 99.0 cm³/mol. The minimum Gasteiger partial charge on any atom is -0.364 e. The summed E-state index contributed by atoms with van der Waals surface area (Å²) in [5.41, 5.74) is 3.42. The number of amides is 1. The number of carbonyl (C=O) groups is 1. The van der Waals surface area contributed by atoms with Crippen LogP contribution in [0.1, 0.15) is 17.5 Å². The highest BCUT2D eigenvalue weighted by Gasteiger charge is 2.29. The normalized spacial score (nSPS) is 20.0. The maximum Gasteiger partial charge on any atom is 0.226 e. The van der Waals surface area contributed by atoms with Crippen molar-refractivity contribution < 1.29 is 9.18 Å². The molecule has 2 aliphatic rings. The zero-order valence-electron chi connectivity index (χ0n) is 13.8. The summed E-state index contributed by atoms with van der Waals surface area (Å²) in [4.78, 5) is 14.4. The molecule has 2 aromatic rings. The number of halogens is 1. The molecule has 2 aliphatic heterocycles. The summed E-state index contributed by atoms with van der Waals surface area (Å²) in [5, 5.41) is 6.35. The molecule has 0 saturated carbocycles. The molecule has 0 radical (unpaired) electrons. The lowest BCUT2D eigenvalue weighted by atomic mass is 10.1. The summed E-state index contributed by atoms with van der Waals surface area (Å²) in [6.45, 7) is 2.58. The maximum atomic E-state index is 13.8. The van der Waals surface area contributed by atoms with Crippen molar-refractivity contribution in [2.75, 3.05) is 29.9 Å². The van der Waals surface area contributed by atoms with E-state index in [1.165, 1.54) is 6.07 Å². The molecule has 5 heteroatoms. The highest BCUT2D eigenvalue weighted by Crippen LogP contribution is 2.33. The van der Waals surface area contributed by atoms with E-state index in [0.29, 0.717) is 12.0 Å². The van der Waals surface area contributed by atoms with E-state index in [4.69, 9.17) is 0 Å². The molecule has 4 nitrogen and oxygen atoms in total. The lowest BCUT2D eigenvalue weighted by Gasteiger charge is -2.36. The van der Waals surface area contributed by atoms with Crippen molar-refractivity contribution >= 4 is 29.4 Å². The molecule has 1 unspecified atom stereocenters. The lowest BCUT2D eigenvalue weighted by Crippen LogP contribution is -2.51. The number of benzene rings is 2. The van der Waals surface area contributed by atoms with Crippen LogP contribution in [0, 0.1) is 5.82 Å². The van der Waals surface area contributed by atoms with E-state index in [9.17, 15) is 9.18 Å². The van der Waals surface area contributed by atoms with Gasteiger partial charge in [0.25, 0.3) is 0 Å². The van der Waals surface area contributed by atoms with Crippen LogP contribution in [0.15, 0.2) is 42.5 Å². The Morgan fingerprint density at radius 1 is 1.16 bits per heavy atom. The van der Waals surface area contributed by atoms with Gasteiger partial charge in [-0.05, 0) is 23.8 Å². The Morgan fingerprint density at radius 3 is 2.92 bits per heavy atom. The van der Waals surface area contributed by atoms with Crippen LogP contribution < -0.4 is 15.5 Å². The van der Waals surface area contributed by atoms with Gasteiger partial charge in [-0.15, -0.1) is 0 Å². The molecule has 2 aromatic carbocycles. The summed E-state index contributed by atoms with van der Waals surface area (Å²) < 4.78 is 13.8. The molecule has 0 aliphatic carbocycles. The third-order valence-electron chi connectivity index (χ3n) is 4.74. The van der Waals surface area contributed by atoms with Crippen LogP contribution in [0.4, 0.5) is 15.8 Å². The lowest BCUT2D eigenvalue weighted by molar-refractivity contribution is -0.116. The average Bonchev–Trinajstić information content (AvgIpc) is 2.76. The first kappa shape index (κ1) is 15.8. The predicted octanol–water partition coefficient (Wildman–Crippen LogP) is 3.12. The van der Waals surface area contributed by atoms with Gasteiger partial charge in [-0.25, -0.2) is 4.39 Å². The van der Waals surface area contributed by atoms with Crippen molar-refractivity contribution in [2.45, 2.75) is 12.5 Å². The van der Waals surface area contributed by atoms with Crippen molar-refractivity contribution in [1.82, 2.24) is 5.32 Å². The van der Waals surface area contributed by atoms with E-state index in [-0.39, 0.29) is 17.8 Å². The van der Waals surface area contributed by atoms with Gasteiger partial charge >= 0.3 is 0 Å². The van der Waals surface area contributed by atoms with Crippen molar-refractivity contribution in [3.8, 4) is 0 Å². The number of piperazine rings is 1. The van der Waals surface area contributed by atoms with Gasteiger partial charge in [-0.2, -0.15) is 0 Å². The zero-order valence-corrected chi connectivity index (χ0v) is 13.8. The van der Waals surface area contributed by atoms with Gasteiger partial charge in [-0.3, -0.25) is 4.79 Å². The molecule has 4 rings (SSSR count). The van der Waals surface area contributed by atoms with Crippen molar-refractivity contribution in [1.29, 1.82) is 0 Å². The Bertz CT molecular complexity index is 833. The third kappa shape index (κ3) is 3.28. The zero-order chi connectivity index (χ0) is 17.2. The Balaban J connectivity index is 1.67. The molecular formula is C20H20FN3O. The van der Waals surface area contributed by atoms with Gasteiger partial charge in [0, 0.05) is 31.6 Å². The number of fused-ring (bicyclic) bond motifs is 3. The van der Waals surface area contributed by atoms with Crippen molar-refractivity contribution in [3.05, 3.63) is 59.4 Å². The van der Waals surface area contributed by atoms with Crippen molar-refractivity contribution in [3.63, 3.8) is 0 Å². The van der Waals surface area contributed by atoms with E-state index in [1.54, 1.807) is 18.2 Å². The highest BCUT2D eigenvalue weighted by molar-refractivity contribution is 5.97. The molecular weight excluding hydrogens is 317 g/mol. The molecule has 2 heterocycles. The van der Waals surface area contributed by atoms with Crippen LogP contribution in [0.25, 0.3) is 12.2 Å². The average molecular weight is 337 g/mol. The van der Waals surface area contributed by atoms with E-state index >= 15 is 0 Å². The second kappa shape index (κ2) is 6.69. The fourth-order valence-electron chi connectivity index (χ4n) is 3.47. The fraction of sp³-hybridized carbons (Fsp3) is 0.250. The maximum absolute atomic E-state index is 13.8. The Hall–Kier alpha value is -2.66. The smallest absolute Gasteiger partial charge is 0.226 e. The highest BCUT2D eigenvalue weighted by atomic mass is 19.1. The third-order valence-corrected chi connectivity index (χ3v) is 4.74. The van der Waals surface area contributed by atoms with E-state index in [1.807, 2.05) is 24.3 Å². The van der Waals surface area contributed by atoms with Gasteiger partial charge in [-0.1, -0.05) is 36.4 Å². The number of rotatable bonds is 2. The molecule has 0 spiro atoms. The second-order valence-corrected chi connectivity index (χ2v) is 6.44. The van der Waals surface area contributed by atoms with E-state index in [2.05, 4.69) is 21.6 Å². The summed E-state index contributed by atoms with van der Waals surface area (Å²) >= 11 is 0. The van der Waals surface area contributed by atoms with Crippen LogP contribution in [0.2, 0.25) is 0 Å². The molecule has 25 heavy (non-hydrogen) atoms. The van der Waals surface area contributed by atoms with Gasteiger partial charge in [0.15, 0.2) is 0 Å².